The van der Waals surface area contributed by atoms with Crippen molar-refractivity contribution in [3.63, 3.8) is 0 Å². The van der Waals surface area contributed by atoms with Crippen molar-refractivity contribution in [3.8, 4) is 0 Å². The molecule has 0 spiro atoms. The van der Waals surface area contributed by atoms with Gasteiger partial charge in [-0.15, -0.1) is 0 Å². The molecule has 1 saturated carbocycles. The molecule has 3 rings (SSSR count). The normalized spacial score (nSPS) is 24.5. The zero-order valence-corrected chi connectivity index (χ0v) is 11.9. The molecule has 0 saturated heterocycles. The summed E-state index contributed by atoms with van der Waals surface area (Å²) in [5, 5.41) is 8.41. The molecule has 0 aliphatic heterocycles. The summed E-state index contributed by atoms with van der Waals surface area (Å²) < 4.78 is 25.3. The molecule has 0 bridgehead atoms. The Morgan fingerprint density at radius 1 is 0.905 bits per heavy atom. The van der Waals surface area contributed by atoms with Gasteiger partial charge in [-0.25, -0.2) is 8.42 Å². The Hall–Kier alpha value is -2.14. The van der Waals surface area contributed by atoms with Crippen LogP contribution in [0.4, 0.5) is 0 Å². The Kier molecular flexibility index (Phi) is 3.29. The van der Waals surface area contributed by atoms with Gasteiger partial charge in [0.2, 0.25) is 0 Å². The van der Waals surface area contributed by atoms with Gasteiger partial charge in [0.25, 0.3) is 0 Å². The summed E-state index contributed by atoms with van der Waals surface area (Å²) in [6, 6.07) is 17.0. The van der Waals surface area contributed by atoms with Crippen LogP contribution in [0.2, 0.25) is 0 Å². The summed E-state index contributed by atoms with van der Waals surface area (Å²) in [4.78, 5) is 11.5. The molecule has 2 aromatic carbocycles. The first-order chi connectivity index (χ1) is 10.0. The standard InChI is InChI=1S/C16H14O4S/c17-16(18)14-13(11-7-3-1-4-8-11)15(14)21(19,20)12-9-5-2-6-10-12/h1-10,13-15H,(H,17,18)/t13-,14+,15-/m0/s1. The van der Waals surface area contributed by atoms with Crippen LogP contribution in [-0.4, -0.2) is 24.7 Å². The minimum absolute atomic E-state index is 0.180. The maximum atomic E-state index is 12.6. The Bertz CT molecular complexity index is 753. The molecule has 3 atom stereocenters. The average molecular weight is 302 g/mol. The third-order valence-corrected chi connectivity index (χ3v) is 6.09. The molecule has 0 amide bonds. The van der Waals surface area contributed by atoms with E-state index >= 15 is 0 Å². The molecule has 0 radical (unpaired) electrons. The zero-order valence-electron chi connectivity index (χ0n) is 11.1. The fraction of sp³-hybridized carbons (Fsp3) is 0.188. The largest absolute Gasteiger partial charge is 0.481 e. The molecule has 2 aromatic rings. The number of carboxylic acid groups (broad SMARTS) is 1. The van der Waals surface area contributed by atoms with Gasteiger partial charge in [0.05, 0.1) is 16.1 Å². The van der Waals surface area contributed by atoms with Gasteiger partial charge in [-0.3, -0.25) is 4.79 Å². The second-order valence-electron chi connectivity index (χ2n) is 5.12. The van der Waals surface area contributed by atoms with E-state index in [2.05, 4.69) is 0 Å². The molecular formula is C16H14O4S. The van der Waals surface area contributed by atoms with E-state index < -0.39 is 32.9 Å². The third kappa shape index (κ3) is 2.34. The lowest BCUT2D eigenvalue weighted by atomic mass is 10.1. The van der Waals surface area contributed by atoms with Crippen molar-refractivity contribution in [1.82, 2.24) is 0 Å². The van der Waals surface area contributed by atoms with E-state index in [1.54, 1.807) is 42.5 Å². The second kappa shape index (κ2) is 5.00. The van der Waals surface area contributed by atoms with Gasteiger partial charge in [-0.05, 0) is 17.7 Å². The number of sulfone groups is 1. The Morgan fingerprint density at radius 2 is 1.43 bits per heavy atom. The van der Waals surface area contributed by atoms with E-state index in [4.69, 9.17) is 0 Å². The molecule has 0 aromatic heterocycles. The molecule has 0 unspecified atom stereocenters. The molecule has 0 heterocycles. The smallest absolute Gasteiger partial charge is 0.308 e. The predicted molar refractivity (Wildman–Crippen MR) is 77.7 cm³/mol. The quantitative estimate of drug-likeness (QED) is 0.941. The first kappa shape index (κ1) is 13.8. The third-order valence-electron chi connectivity index (χ3n) is 3.85. The molecule has 1 aliphatic rings. The first-order valence-electron chi connectivity index (χ1n) is 6.60. The van der Waals surface area contributed by atoms with Crippen LogP contribution in [0.15, 0.2) is 65.6 Å². The highest BCUT2D eigenvalue weighted by Crippen LogP contribution is 2.54. The van der Waals surface area contributed by atoms with Crippen molar-refractivity contribution in [2.45, 2.75) is 16.1 Å². The van der Waals surface area contributed by atoms with Crippen molar-refractivity contribution in [2.75, 3.05) is 0 Å². The number of aliphatic carboxylic acids is 1. The van der Waals surface area contributed by atoms with E-state index in [0.717, 1.165) is 5.56 Å². The number of carbonyl (C=O) groups is 1. The SMILES string of the molecule is O=C(O)[C@@H]1[C@H](c2ccccc2)[C@@H]1S(=O)(=O)c1ccccc1. The van der Waals surface area contributed by atoms with E-state index in [0.29, 0.717) is 0 Å². The Morgan fingerprint density at radius 3 is 1.95 bits per heavy atom. The van der Waals surface area contributed by atoms with Crippen molar-refractivity contribution < 1.29 is 18.3 Å². The minimum atomic E-state index is -3.64. The lowest BCUT2D eigenvalue weighted by Crippen LogP contribution is -2.13. The summed E-state index contributed by atoms with van der Waals surface area (Å²) >= 11 is 0. The van der Waals surface area contributed by atoms with Gasteiger partial charge in [0.1, 0.15) is 0 Å². The monoisotopic (exact) mass is 302 g/mol. The van der Waals surface area contributed by atoms with Crippen LogP contribution < -0.4 is 0 Å². The second-order valence-corrected chi connectivity index (χ2v) is 7.23. The molecule has 108 valence electrons. The Labute approximate surface area is 123 Å². The summed E-state index contributed by atoms with van der Waals surface area (Å²) in [5.74, 6) is -2.42. The van der Waals surface area contributed by atoms with Crippen LogP contribution in [-0.2, 0) is 14.6 Å². The van der Waals surface area contributed by atoms with Crippen LogP contribution in [0.3, 0.4) is 0 Å². The zero-order chi connectivity index (χ0) is 15.0. The average Bonchev–Trinajstić information content (AvgIpc) is 3.26. The summed E-state index contributed by atoms with van der Waals surface area (Å²) in [6.07, 6.45) is 0. The van der Waals surface area contributed by atoms with E-state index in [1.807, 2.05) is 6.07 Å². The van der Waals surface area contributed by atoms with E-state index in [1.165, 1.54) is 12.1 Å². The molecule has 21 heavy (non-hydrogen) atoms. The summed E-state index contributed by atoms with van der Waals surface area (Å²) in [7, 11) is -3.64. The van der Waals surface area contributed by atoms with E-state index in [-0.39, 0.29) is 4.90 Å². The van der Waals surface area contributed by atoms with Crippen LogP contribution in [0.5, 0.6) is 0 Å². The van der Waals surface area contributed by atoms with Crippen LogP contribution >= 0.6 is 0 Å². The van der Waals surface area contributed by atoms with Gasteiger partial charge >= 0.3 is 5.97 Å². The molecule has 5 heteroatoms. The molecule has 1 fully saturated rings. The van der Waals surface area contributed by atoms with Gasteiger partial charge < -0.3 is 5.11 Å². The topological polar surface area (TPSA) is 71.4 Å². The minimum Gasteiger partial charge on any atom is -0.481 e. The first-order valence-corrected chi connectivity index (χ1v) is 8.15. The maximum Gasteiger partial charge on any atom is 0.308 e. The van der Waals surface area contributed by atoms with Gasteiger partial charge in [-0.2, -0.15) is 0 Å². The molecule has 1 N–H and O–H groups in total. The molecule has 4 nitrogen and oxygen atoms in total. The van der Waals surface area contributed by atoms with Crippen LogP contribution in [0.1, 0.15) is 11.5 Å². The lowest BCUT2D eigenvalue weighted by molar-refractivity contribution is -0.138. The van der Waals surface area contributed by atoms with Crippen molar-refractivity contribution >= 4 is 15.8 Å². The van der Waals surface area contributed by atoms with Gasteiger partial charge in [-0.1, -0.05) is 48.5 Å². The highest BCUT2D eigenvalue weighted by Gasteiger charge is 2.62. The highest BCUT2D eigenvalue weighted by atomic mass is 32.2. The van der Waals surface area contributed by atoms with E-state index in [9.17, 15) is 18.3 Å². The fourth-order valence-corrected chi connectivity index (χ4v) is 4.95. The van der Waals surface area contributed by atoms with Crippen molar-refractivity contribution in [3.05, 3.63) is 66.2 Å². The predicted octanol–water partition coefficient (Wildman–Crippen LogP) is 2.33. The van der Waals surface area contributed by atoms with Gasteiger partial charge in [0, 0.05) is 5.92 Å². The number of hydrogen-bond donors (Lipinski definition) is 1. The molecular weight excluding hydrogens is 288 g/mol. The summed E-state index contributed by atoms with van der Waals surface area (Å²) in [6.45, 7) is 0. The number of rotatable bonds is 4. The fourth-order valence-electron chi connectivity index (χ4n) is 2.80. The van der Waals surface area contributed by atoms with Crippen molar-refractivity contribution in [1.29, 1.82) is 0 Å². The number of benzene rings is 2. The Balaban J connectivity index is 2.00. The van der Waals surface area contributed by atoms with Crippen molar-refractivity contribution in [2.24, 2.45) is 5.92 Å². The summed E-state index contributed by atoms with van der Waals surface area (Å²) in [5.41, 5.74) is 0.759. The van der Waals surface area contributed by atoms with Crippen LogP contribution in [0, 0.1) is 5.92 Å². The van der Waals surface area contributed by atoms with Gasteiger partial charge in [0.15, 0.2) is 9.84 Å². The molecule has 1 aliphatic carbocycles. The van der Waals surface area contributed by atoms with Crippen LogP contribution in [0.25, 0.3) is 0 Å². The number of hydrogen-bond acceptors (Lipinski definition) is 3. The lowest BCUT2D eigenvalue weighted by Gasteiger charge is -2.03. The number of carboxylic acids is 1. The maximum absolute atomic E-state index is 12.6. The highest BCUT2D eigenvalue weighted by molar-refractivity contribution is 7.92.